The first-order valence-electron chi connectivity index (χ1n) is 11.7. The molecule has 2 amide bonds. The number of nitrogens with one attached hydrogen (secondary N) is 1. The van der Waals surface area contributed by atoms with E-state index in [-0.39, 0.29) is 17.7 Å². The molecule has 1 fully saturated rings. The molecule has 1 aliphatic heterocycles. The summed E-state index contributed by atoms with van der Waals surface area (Å²) in [5.74, 6) is -0.366. The van der Waals surface area contributed by atoms with Gasteiger partial charge in [0.1, 0.15) is 0 Å². The van der Waals surface area contributed by atoms with Gasteiger partial charge >= 0.3 is 0 Å². The Morgan fingerprint density at radius 3 is 2.69 bits per heavy atom. The average Bonchev–Trinajstić information content (AvgIpc) is 2.98. The zero-order chi connectivity index (χ0) is 22.5. The van der Waals surface area contributed by atoms with Crippen LogP contribution < -0.4 is 11.1 Å². The van der Waals surface area contributed by atoms with E-state index in [1.807, 2.05) is 28.9 Å². The number of nitrogens with two attached hydrogens (primary N) is 1. The SMILES string of the molecule is NC(=O)C1CCCN(CCCNC(=O)c2nn(-c3ccc(Cl)cc3)c3c2CCCCC3)C1. The van der Waals surface area contributed by atoms with Crippen LogP contribution in [0.1, 0.15) is 60.3 Å². The third-order valence-corrected chi connectivity index (χ3v) is 6.81. The number of nitrogens with zero attached hydrogens (tertiary/aromatic N) is 3. The summed E-state index contributed by atoms with van der Waals surface area (Å²) in [7, 11) is 0. The summed E-state index contributed by atoms with van der Waals surface area (Å²) < 4.78 is 1.92. The van der Waals surface area contributed by atoms with Gasteiger partial charge in [0.2, 0.25) is 5.91 Å². The lowest BCUT2D eigenvalue weighted by Crippen LogP contribution is -2.42. The van der Waals surface area contributed by atoms with Crippen LogP contribution in [0.15, 0.2) is 24.3 Å². The molecule has 7 nitrogen and oxygen atoms in total. The van der Waals surface area contributed by atoms with Crippen molar-refractivity contribution in [1.82, 2.24) is 20.0 Å². The third-order valence-electron chi connectivity index (χ3n) is 6.56. The van der Waals surface area contributed by atoms with Crippen LogP contribution >= 0.6 is 11.6 Å². The van der Waals surface area contributed by atoms with Gasteiger partial charge in [-0.05, 0) is 82.3 Å². The summed E-state index contributed by atoms with van der Waals surface area (Å²) in [5.41, 5.74) is 9.16. The van der Waals surface area contributed by atoms with E-state index in [0.717, 1.165) is 81.5 Å². The van der Waals surface area contributed by atoms with E-state index in [9.17, 15) is 9.59 Å². The van der Waals surface area contributed by atoms with Crippen molar-refractivity contribution in [3.05, 3.63) is 46.2 Å². The second kappa shape index (κ2) is 10.5. The molecule has 172 valence electrons. The molecule has 1 atom stereocenters. The third kappa shape index (κ3) is 5.33. The number of carbonyl (C=O) groups excluding carboxylic acids is 2. The molecule has 0 saturated carbocycles. The molecule has 1 aromatic heterocycles. The second-order valence-electron chi connectivity index (χ2n) is 8.87. The molecule has 1 saturated heterocycles. The maximum Gasteiger partial charge on any atom is 0.272 e. The predicted octanol–water partition coefficient (Wildman–Crippen LogP) is 3.11. The lowest BCUT2D eigenvalue weighted by molar-refractivity contribution is -0.123. The van der Waals surface area contributed by atoms with Crippen LogP contribution in [0.5, 0.6) is 0 Å². The number of aromatic nitrogens is 2. The van der Waals surface area contributed by atoms with Gasteiger partial charge in [0.25, 0.3) is 5.91 Å². The van der Waals surface area contributed by atoms with E-state index in [0.29, 0.717) is 17.3 Å². The van der Waals surface area contributed by atoms with Crippen molar-refractivity contribution in [3.8, 4) is 5.69 Å². The van der Waals surface area contributed by atoms with Gasteiger partial charge in [0.05, 0.1) is 11.6 Å². The van der Waals surface area contributed by atoms with E-state index in [1.54, 1.807) is 0 Å². The average molecular weight is 458 g/mol. The van der Waals surface area contributed by atoms with Gasteiger partial charge in [-0.1, -0.05) is 18.0 Å². The fourth-order valence-electron chi connectivity index (χ4n) is 4.83. The van der Waals surface area contributed by atoms with Gasteiger partial charge in [-0.25, -0.2) is 4.68 Å². The normalized spacial score (nSPS) is 19.2. The Bertz CT molecular complexity index is 956. The molecular formula is C24H32ClN5O2. The van der Waals surface area contributed by atoms with Crippen molar-refractivity contribution < 1.29 is 9.59 Å². The molecule has 2 heterocycles. The van der Waals surface area contributed by atoms with Gasteiger partial charge in [-0.2, -0.15) is 5.10 Å². The number of benzene rings is 1. The number of likely N-dealkylation sites (tertiary alicyclic amines) is 1. The standard InChI is InChI=1S/C24H32ClN5O2/c25-18-9-11-19(12-10-18)30-21-8-3-1-2-7-20(21)22(28-30)24(32)27-13-5-15-29-14-4-6-17(16-29)23(26)31/h9-12,17H,1-8,13-16H2,(H2,26,31)(H,27,32). The summed E-state index contributed by atoms with van der Waals surface area (Å²) in [6, 6.07) is 7.59. The molecule has 1 aromatic carbocycles. The van der Waals surface area contributed by atoms with Gasteiger partial charge in [0, 0.05) is 29.4 Å². The van der Waals surface area contributed by atoms with Crippen LogP contribution in [0.2, 0.25) is 5.02 Å². The summed E-state index contributed by atoms with van der Waals surface area (Å²) in [5, 5.41) is 8.48. The first kappa shape index (κ1) is 22.8. The first-order chi connectivity index (χ1) is 15.5. The van der Waals surface area contributed by atoms with Crippen molar-refractivity contribution >= 4 is 23.4 Å². The number of hydrogen-bond donors (Lipinski definition) is 2. The highest BCUT2D eigenvalue weighted by molar-refractivity contribution is 6.30. The Kier molecular flexibility index (Phi) is 7.48. The first-order valence-corrected chi connectivity index (χ1v) is 12.1. The molecule has 3 N–H and O–H groups in total. The zero-order valence-electron chi connectivity index (χ0n) is 18.5. The lowest BCUT2D eigenvalue weighted by Gasteiger charge is -2.31. The summed E-state index contributed by atoms with van der Waals surface area (Å²) in [6.07, 6.45) is 7.86. The van der Waals surface area contributed by atoms with Crippen molar-refractivity contribution in [3.63, 3.8) is 0 Å². The van der Waals surface area contributed by atoms with E-state index in [2.05, 4.69) is 10.2 Å². The van der Waals surface area contributed by atoms with Crippen LogP contribution in [-0.4, -0.2) is 52.7 Å². The molecule has 2 aliphatic rings. The summed E-state index contributed by atoms with van der Waals surface area (Å²) in [6.45, 7) is 3.14. The maximum absolute atomic E-state index is 13.0. The Morgan fingerprint density at radius 2 is 1.91 bits per heavy atom. The van der Waals surface area contributed by atoms with Crippen LogP contribution in [0, 0.1) is 5.92 Å². The van der Waals surface area contributed by atoms with Gasteiger partial charge in [-0.15, -0.1) is 0 Å². The number of hydrogen-bond acceptors (Lipinski definition) is 4. The minimum Gasteiger partial charge on any atom is -0.369 e. The van der Waals surface area contributed by atoms with Gasteiger partial charge in [0.15, 0.2) is 5.69 Å². The van der Waals surface area contributed by atoms with E-state index >= 15 is 0 Å². The number of rotatable bonds is 7. The molecule has 0 spiro atoms. The molecule has 0 radical (unpaired) electrons. The molecule has 4 rings (SSSR count). The number of fused-ring (bicyclic) bond motifs is 1. The van der Waals surface area contributed by atoms with Gasteiger partial charge < -0.3 is 16.0 Å². The minimum atomic E-state index is -0.208. The summed E-state index contributed by atoms with van der Waals surface area (Å²) >= 11 is 6.05. The number of halogens is 1. The number of primary amides is 1. The monoisotopic (exact) mass is 457 g/mol. The Hall–Kier alpha value is -2.38. The fraction of sp³-hybridized carbons (Fsp3) is 0.542. The smallest absolute Gasteiger partial charge is 0.272 e. The fourth-order valence-corrected chi connectivity index (χ4v) is 4.96. The predicted molar refractivity (Wildman–Crippen MR) is 125 cm³/mol. The Morgan fingerprint density at radius 1 is 1.12 bits per heavy atom. The van der Waals surface area contributed by atoms with Gasteiger partial charge in [-0.3, -0.25) is 9.59 Å². The quantitative estimate of drug-likeness (QED) is 0.493. The molecule has 1 unspecified atom stereocenters. The lowest BCUT2D eigenvalue weighted by atomic mass is 9.97. The Balaban J connectivity index is 1.40. The van der Waals surface area contributed by atoms with Crippen molar-refractivity contribution in [1.29, 1.82) is 0 Å². The molecule has 8 heteroatoms. The molecule has 1 aliphatic carbocycles. The van der Waals surface area contributed by atoms with Crippen molar-refractivity contribution in [2.75, 3.05) is 26.2 Å². The van der Waals surface area contributed by atoms with Crippen LogP contribution in [0.25, 0.3) is 5.69 Å². The highest BCUT2D eigenvalue weighted by atomic mass is 35.5. The van der Waals surface area contributed by atoms with Crippen LogP contribution in [0.4, 0.5) is 0 Å². The number of amides is 2. The highest BCUT2D eigenvalue weighted by Gasteiger charge is 2.25. The largest absolute Gasteiger partial charge is 0.369 e. The number of carbonyl (C=O) groups is 2. The summed E-state index contributed by atoms with van der Waals surface area (Å²) in [4.78, 5) is 26.8. The Labute approximate surface area is 194 Å². The van der Waals surface area contributed by atoms with E-state index < -0.39 is 0 Å². The zero-order valence-corrected chi connectivity index (χ0v) is 19.2. The molecule has 0 bridgehead atoms. The number of piperidine rings is 1. The second-order valence-corrected chi connectivity index (χ2v) is 9.31. The topological polar surface area (TPSA) is 93.2 Å². The minimum absolute atomic E-state index is 0.0503. The molecular weight excluding hydrogens is 426 g/mol. The van der Waals surface area contributed by atoms with Crippen molar-refractivity contribution in [2.45, 2.75) is 51.4 Å². The highest BCUT2D eigenvalue weighted by Crippen LogP contribution is 2.27. The van der Waals surface area contributed by atoms with E-state index in [4.69, 9.17) is 22.4 Å². The molecule has 32 heavy (non-hydrogen) atoms. The van der Waals surface area contributed by atoms with Crippen molar-refractivity contribution in [2.24, 2.45) is 11.7 Å². The van der Waals surface area contributed by atoms with E-state index in [1.165, 1.54) is 6.42 Å². The van der Waals surface area contributed by atoms with Crippen LogP contribution in [0.3, 0.4) is 0 Å². The van der Waals surface area contributed by atoms with Crippen LogP contribution in [-0.2, 0) is 17.6 Å². The maximum atomic E-state index is 13.0. The molecule has 2 aromatic rings.